The van der Waals surface area contributed by atoms with Crippen LogP contribution < -0.4 is 15.2 Å². The molecule has 0 fully saturated rings. The lowest BCUT2D eigenvalue weighted by molar-refractivity contribution is 0.394. The van der Waals surface area contributed by atoms with Crippen LogP contribution in [0.3, 0.4) is 0 Å². The van der Waals surface area contributed by atoms with E-state index in [0.717, 1.165) is 0 Å². The molecule has 0 amide bonds. The maximum absolute atomic E-state index is 7.26. The topological polar surface area (TPSA) is 68.3 Å². The van der Waals surface area contributed by atoms with Crippen molar-refractivity contribution in [3.63, 3.8) is 0 Å². The minimum Gasteiger partial charge on any atom is -0.497 e. The Morgan fingerprint density at radius 1 is 1.29 bits per heavy atom. The second kappa shape index (κ2) is 5.34. The SMILES string of the molecule is COc1ccc(C(=N)N)c(OC)c1.Cl. The van der Waals surface area contributed by atoms with E-state index in [-0.39, 0.29) is 18.2 Å². The first kappa shape index (κ1) is 12.6. The first-order valence-corrected chi connectivity index (χ1v) is 3.75. The van der Waals surface area contributed by atoms with Gasteiger partial charge in [0.15, 0.2) is 0 Å². The standard InChI is InChI=1S/C9H12N2O2.ClH/c1-12-6-3-4-7(9(10)11)8(5-6)13-2;/h3-5H,1-2H3,(H3,10,11);1H. The number of rotatable bonds is 3. The molecule has 5 heteroatoms. The van der Waals surface area contributed by atoms with Crippen LogP contribution in [0.4, 0.5) is 0 Å². The van der Waals surface area contributed by atoms with E-state index in [4.69, 9.17) is 20.6 Å². The third-order valence-electron chi connectivity index (χ3n) is 1.70. The van der Waals surface area contributed by atoms with Gasteiger partial charge in [0.1, 0.15) is 17.3 Å². The van der Waals surface area contributed by atoms with E-state index < -0.39 is 0 Å². The lowest BCUT2D eigenvalue weighted by atomic mass is 10.2. The monoisotopic (exact) mass is 216 g/mol. The van der Waals surface area contributed by atoms with E-state index >= 15 is 0 Å². The largest absolute Gasteiger partial charge is 0.497 e. The van der Waals surface area contributed by atoms with Gasteiger partial charge in [0, 0.05) is 6.07 Å². The summed E-state index contributed by atoms with van der Waals surface area (Å²) >= 11 is 0. The molecule has 78 valence electrons. The number of nitrogens with one attached hydrogen (secondary N) is 1. The number of halogens is 1. The van der Waals surface area contributed by atoms with Gasteiger partial charge < -0.3 is 15.2 Å². The molecule has 0 spiro atoms. The van der Waals surface area contributed by atoms with Crippen molar-refractivity contribution in [2.24, 2.45) is 5.73 Å². The fourth-order valence-corrected chi connectivity index (χ4v) is 1.02. The first-order chi connectivity index (χ1) is 6.19. The number of ether oxygens (including phenoxy) is 2. The number of hydrogen-bond donors (Lipinski definition) is 2. The van der Waals surface area contributed by atoms with Crippen LogP contribution in [0.25, 0.3) is 0 Å². The van der Waals surface area contributed by atoms with Crippen molar-refractivity contribution in [1.29, 1.82) is 5.41 Å². The van der Waals surface area contributed by atoms with Gasteiger partial charge in [-0.1, -0.05) is 0 Å². The quantitative estimate of drug-likeness (QED) is 0.593. The average Bonchev–Trinajstić information content (AvgIpc) is 2.16. The summed E-state index contributed by atoms with van der Waals surface area (Å²) in [6, 6.07) is 5.12. The Kier molecular flexibility index (Phi) is 4.80. The Morgan fingerprint density at radius 2 is 1.93 bits per heavy atom. The van der Waals surface area contributed by atoms with Crippen LogP contribution >= 0.6 is 12.4 Å². The number of hydrogen-bond acceptors (Lipinski definition) is 3. The van der Waals surface area contributed by atoms with Crippen LogP contribution in [-0.2, 0) is 0 Å². The van der Waals surface area contributed by atoms with Crippen LogP contribution in [0.15, 0.2) is 18.2 Å². The highest BCUT2D eigenvalue weighted by Gasteiger charge is 2.06. The molecule has 1 rings (SSSR count). The summed E-state index contributed by atoms with van der Waals surface area (Å²) in [5.41, 5.74) is 5.92. The van der Waals surface area contributed by atoms with Gasteiger partial charge in [0.2, 0.25) is 0 Å². The highest BCUT2D eigenvalue weighted by molar-refractivity contribution is 5.97. The Bertz CT molecular complexity index is 329. The number of nitrogen functional groups attached to an aromatic ring is 1. The molecule has 0 saturated carbocycles. The molecule has 0 heterocycles. The summed E-state index contributed by atoms with van der Waals surface area (Å²) in [6.45, 7) is 0. The minimum atomic E-state index is -0.0143. The molecule has 0 aromatic heterocycles. The molecule has 14 heavy (non-hydrogen) atoms. The van der Waals surface area contributed by atoms with Gasteiger partial charge in [-0.05, 0) is 12.1 Å². The van der Waals surface area contributed by atoms with Gasteiger partial charge in [-0.3, -0.25) is 5.41 Å². The summed E-state index contributed by atoms with van der Waals surface area (Å²) in [7, 11) is 3.10. The maximum atomic E-state index is 7.26. The zero-order chi connectivity index (χ0) is 9.84. The highest BCUT2D eigenvalue weighted by atomic mass is 35.5. The summed E-state index contributed by atoms with van der Waals surface area (Å²) in [4.78, 5) is 0. The van der Waals surface area contributed by atoms with Gasteiger partial charge in [-0.2, -0.15) is 0 Å². The number of nitrogens with two attached hydrogens (primary N) is 1. The molecule has 0 atom stereocenters. The Labute approximate surface area is 88.9 Å². The fraction of sp³-hybridized carbons (Fsp3) is 0.222. The molecule has 0 aliphatic heterocycles. The molecule has 0 unspecified atom stereocenters. The predicted octanol–water partition coefficient (Wildman–Crippen LogP) is 1.41. The molecule has 0 aliphatic rings. The van der Waals surface area contributed by atoms with Gasteiger partial charge in [0.25, 0.3) is 0 Å². The van der Waals surface area contributed by atoms with Crippen LogP contribution in [0.5, 0.6) is 11.5 Å². The van der Waals surface area contributed by atoms with Crippen molar-refractivity contribution in [2.75, 3.05) is 14.2 Å². The summed E-state index contributed by atoms with van der Waals surface area (Å²) in [5.74, 6) is 1.22. The van der Waals surface area contributed by atoms with Crippen LogP contribution in [0, 0.1) is 5.41 Å². The number of benzene rings is 1. The van der Waals surface area contributed by atoms with E-state index in [1.165, 1.54) is 7.11 Å². The molecule has 0 aliphatic carbocycles. The normalized spacial score (nSPS) is 8.71. The van der Waals surface area contributed by atoms with E-state index in [0.29, 0.717) is 17.1 Å². The van der Waals surface area contributed by atoms with Crippen LogP contribution in [0.1, 0.15) is 5.56 Å². The van der Waals surface area contributed by atoms with Crippen molar-refractivity contribution < 1.29 is 9.47 Å². The van der Waals surface area contributed by atoms with Crippen molar-refractivity contribution in [1.82, 2.24) is 0 Å². The van der Waals surface area contributed by atoms with Crippen molar-refractivity contribution >= 4 is 18.2 Å². The Balaban J connectivity index is 0.00000169. The van der Waals surface area contributed by atoms with E-state index in [1.807, 2.05) is 0 Å². The summed E-state index contributed by atoms with van der Waals surface area (Å²) in [6.07, 6.45) is 0. The zero-order valence-electron chi connectivity index (χ0n) is 8.03. The van der Waals surface area contributed by atoms with Gasteiger partial charge >= 0.3 is 0 Å². The Morgan fingerprint density at radius 3 is 2.36 bits per heavy atom. The van der Waals surface area contributed by atoms with E-state index in [9.17, 15) is 0 Å². The first-order valence-electron chi connectivity index (χ1n) is 3.75. The molecule has 1 aromatic carbocycles. The van der Waals surface area contributed by atoms with E-state index in [1.54, 1.807) is 25.3 Å². The molecule has 0 radical (unpaired) electrons. The van der Waals surface area contributed by atoms with Crippen molar-refractivity contribution in [3.8, 4) is 11.5 Å². The molecular weight excluding hydrogens is 204 g/mol. The summed E-state index contributed by atoms with van der Waals surface area (Å²) < 4.78 is 10.0. The molecule has 1 aromatic rings. The van der Waals surface area contributed by atoms with Gasteiger partial charge in [-0.25, -0.2) is 0 Å². The molecule has 0 bridgehead atoms. The average molecular weight is 217 g/mol. The summed E-state index contributed by atoms with van der Waals surface area (Å²) in [5, 5.41) is 7.26. The maximum Gasteiger partial charge on any atom is 0.133 e. The second-order valence-electron chi connectivity index (χ2n) is 2.48. The zero-order valence-corrected chi connectivity index (χ0v) is 8.85. The van der Waals surface area contributed by atoms with Gasteiger partial charge in [-0.15, -0.1) is 12.4 Å². The third kappa shape index (κ3) is 2.53. The molecular formula is C9H13ClN2O2. The van der Waals surface area contributed by atoms with Crippen LogP contribution in [0.2, 0.25) is 0 Å². The third-order valence-corrected chi connectivity index (χ3v) is 1.70. The van der Waals surface area contributed by atoms with Gasteiger partial charge in [0.05, 0.1) is 19.8 Å². The fourth-order valence-electron chi connectivity index (χ4n) is 1.02. The molecule has 3 N–H and O–H groups in total. The molecule has 4 nitrogen and oxygen atoms in total. The van der Waals surface area contributed by atoms with Crippen molar-refractivity contribution in [2.45, 2.75) is 0 Å². The Hall–Kier alpha value is -1.42. The van der Waals surface area contributed by atoms with Crippen molar-refractivity contribution in [3.05, 3.63) is 23.8 Å². The lowest BCUT2D eigenvalue weighted by Gasteiger charge is -2.08. The lowest BCUT2D eigenvalue weighted by Crippen LogP contribution is -2.12. The van der Waals surface area contributed by atoms with Crippen LogP contribution in [-0.4, -0.2) is 20.1 Å². The number of amidine groups is 1. The number of methoxy groups -OCH3 is 2. The smallest absolute Gasteiger partial charge is 0.133 e. The highest BCUT2D eigenvalue weighted by Crippen LogP contribution is 2.23. The molecule has 0 saturated heterocycles. The predicted molar refractivity (Wildman–Crippen MR) is 57.8 cm³/mol. The minimum absolute atomic E-state index is 0. The second-order valence-corrected chi connectivity index (χ2v) is 2.48. The van der Waals surface area contributed by atoms with E-state index in [2.05, 4.69) is 0 Å².